The monoisotopic (exact) mass is 184 g/mol. The van der Waals surface area contributed by atoms with Gasteiger partial charge in [-0.1, -0.05) is 31.6 Å². The molecule has 76 valence electrons. The van der Waals surface area contributed by atoms with Crippen molar-refractivity contribution in [2.45, 2.75) is 32.3 Å². The zero-order chi connectivity index (χ0) is 9.94. The maximum absolute atomic E-state index is 8.58. The topological polar surface area (TPSA) is 29.5 Å². The molecule has 0 saturated carbocycles. The van der Waals surface area contributed by atoms with Gasteiger partial charge in [-0.15, -0.1) is 6.58 Å². The molecule has 0 rings (SSSR count). The maximum atomic E-state index is 8.58. The Balaban J connectivity index is 3.71. The third kappa shape index (κ3) is 7.75. The maximum Gasteiger partial charge on any atom is 0.0791 e. The fourth-order valence-corrected chi connectivity index (χ4v) is 0.985. The molecule has 0 heterocycles. The number of aliphatic hydroxyl groups is 1. The molecule has 1 N–H and O–H groups in total. The van der Waals surface area contributed by atoms with Crippen LogP contribution in [0.25, 0.3) is 0 Å². The highest BCUT2D eigenvalue weighted by molar-refractivity contribution is 4.92. The first kappa shape index (κ1) is 12.4. The third-order valence-electron chi connectivity index (χ3n) is 1.63. The molecule has 0 aromatic carbocycles. The van der Waals surface area contributed by atoms with Gasteiger partial charge in [0.2, 0.25) is 0 Å². The second-order valence-electron chi connectivity index (χ2n) is 2.87. The van der Waals surface area contributed by atoms with Crippen LogP contribution in [0.15, 0.2) is 24.8 Å². The second kappa shape index (κ2) is 9.49. The molecule has 0 amide bonds. The van der Waals surface area contributed by atoms with Crippen LogP contribution in [0, 0.1) is 0 Å². The van der Waals surface area contributed by atoms with Crippen LogP contribution in [0.4, 0.5) is 0 Å². The van der Waals surface area contributed by atoms with Gasteiger partial charge in [0.25, 0.3) is 0 Å². The van der Waals surface area contributed by atoms with Crippen LogP contribution in [-0.2, 0) is 4.74 Å². The first-order valence-corrected chi connectivity index (χ1v) is 4.85. The van der Waals surface area contributed by atoms with Crippen molar-refractivity contribution in [2.24, 2.45) is 0 Å². The molecule has 0 aromatic rings. The van der Waals surface area contributed by atoms with E-state index in [0.29, 0.717) is 6.61 Å². The Morgan fingerprint density at radius 3 is 2.85 bits per heavy atom. The van der Waals surface area contributed by atoms with Crippen LogP contribution < -0.4 is 0 Å². The van der Waals surface area contributed by atoms with Crippen molar-refractivity contribution in [3.8, 4) is 0 Å². The molecule has 0 aliphatic rings. The van der Waals surface area contributed by atoms with Gasteiger partial charge in [-0.2, -0.15) is 0 Å². The summed E-state index contributed by atoms with van der Waals surface area (Å²) in [5.74, 6) is 0. The van der Waals surface area contributed by atoms with E-state index in [1.54, 1.807) is 0 Å². The molecule has 0 spiro atoms. The predicted molar refractivity (Wildman–Crippen MR) is 55.7 cm³/mol. The SMILES string of the molecule is C=CCC(/C=C/CCC)OCCO. The summed E-state index contributed by atoms with van der Waals surface area (Å²) in [6.07, 6.45) is 9.11. The lowest BCUT2D eigenvalue weighted by Crippen LogP contribution is -2.11. The van der Waals surface area contributed by atoms with Crippen molar-refractivity contribution >= 4 is 0 Å². The number of aliphatic hydroxyl groups excluding tert-OH is 1. The average Bonchev–Trinajstić information content (AvgIpc) is 2.14. The van der Waals surface area contributed by atoms with Crippen LogP contribution in [-0.4, -0.2) is 24.4 Å². The molecule has 2 heteroatoms. The summed E-state index contributed by atoms with van der Waals surface area (Å²) in [5.41, 5.74) is 0. The van der Waals surface area contributed by atoms with Crippen LogP contribution in [0.3, 0.4) is 0 Å². The smallest absolute Gasteiger partial charge is 0.0791 e. The highest BCUT2D eigenvalue weighted by atomic mass is 16.5. The first-order chi connectivity index (χ1) is 6.35. The van der Waals surface area contributed by atoms with Gasteiger partial charge in [0.1, 0.15) is 0 Å². The summed E-state index contributed by atoms with van der Waals surface area (Å²) in [7, 11) is 0. The van der Waals surface area contributed by atoms with Crippen LogP contribution in [0.1, 0.15) is 26.2 Å². The van der Waals surface area contributed by atoms with Crippen molar-refractivity contribution in [3.05, 3.63) is 24.8 Å². The van der Waals surface area contributed by atoms with E-state index >= 15 is 0 Å². The fourth-order valence-electron chi connectivity index (χ4n) is 0.985. The van der Waals surface area contributed by atoms with E-state index < -0.39 is 0 Å². The molecule has 0 saturated heterocycles. The number of rotatable bonds is 8. The van der Waals surface area contributed by atoms with Gasteiger partial charge in [-0.25, -0.2) is 0 Å². The van der Waals surface area contributed by atoms with E-state index in [0.717, 1.165) is 19.3 Å². The Bertz CT molecular complexity index is 141. The summed E-state index contributed by atoms with van der Waals surface area (Å²) in [6.45, 7) is 6.28. The molecule has 1 unspecified atom stereocenters. The third-order valence-corrected chi connectivity index (χ3v) is 1.63. The predicted octanol–water partition coefficient (Wildman–Crippen LogP) is 2.30. The number of unbranched alkanes of at least 4 members (excludes halogenated alkanes) is 1. The van der Waals surface area contributed by atoms with E-state index in [1.165, 1.54) is 0 Å². The van der Waals surface area contributed by atoms with E-state index in [2.05, 4.69) is 19.6 Å². The first-order valence-electron chi connectivity index (χ1n) is 4.85. The Labute approximate surface area is 80.9 Å². The average molecular weight is 184 g/mol. The molecular formula is C11H20O2. The minimum Gasteiger partial charge on any atom is -0.394 e. The lowest BCUT2D eigenvalue weighted by Gasteiger charge is -2.10. The number of hydrogen-bond donors (Lipinski definition) is 1. The molecule has 1 atom stereocenters. The summed E-state index contributed by atoms with van der Waals surface area (Å²) in [5, 5.41) is 8.58. The van der Waals surface area contributed by atoms with Gasteiger partial charge in [-0.05, 0) is 12.8 Å². The summed E-state index contributed by atoms with van der Waals surface area (Å²) >= 11 is 0. The molecule has 2 nitrogen and oxygen atoms in total. The Morgan fingerprint density at radius 2 is 2.31 bits per heavy atom. The van der Waals surface area contributed by atoms with E-state index in [-0.39, 0.29) is 12.7 Å². The number of hydrogen-bond acceptors (Lipinski definition) is 2. The summed E-state index contributed by atoms with van der Waals surface area (Å²) in [4.78, 5) is 0. The van der Waals surface area contributed by atoms with Gasteiger partial charge in [-0.3, -0.25) is 0 Å². The normalized spacial score (nSPS) is 13.4. The Kier molecular flexibility index (Phi) is 9.05. The van der Waals surface area contributed by atoms with Gasteiger partial charge < -0.3 is 9.84 Å². The summed E-state index contributed by atoms with van der Waals surface area (Å²) in [6, 6.07) is 0. The van der Waals surface area contributed by atoms with Crippen molar-refractivity contribution in [3.63, 3.8) is 0 Å². The fraction of sp³-hybridized carbons (Fsp3) is 0.636. The van der Waals surface area contributed by atoms with Crippen molar-refractivity contribution in [1.29, 1.82) is 0 Å². The molecule has 0 fully saturated rings. The molecule has 13 heavy (non-hydrogen) atoms. The summed E-state index contributed by atoms with van der Waals surface area (Å²) < 4.78 is 5.37. The molecule has 0 radical (unpaired) electrons. The van der Waals surface area contributed by atoms with E-state index in [4.69, 9.17) is 9.84 Å². The zero-order valence-corrected chi connectivity index (χ0v) is 8.41. The van der Waals surface area contributed by atoms with Crippen LogP contribution >= 0.6 is 0 Å². The zero-order valence-electron chi connectivity index (χ0n) is 8.41. The second-order valence-corrected chi connectivity index (χ2v) is 2.87. The van der Waals surface area contributed by atoms with Crippen LogP contribution in [0.2, 0.25) is 0 Å². The van der Waals surface area contributed by atoms with Gasteiger partial charge in [0.15, 0.2) is 0 Å². The minimum absolute atomic E-state index is 0.0786. The van der Waals surface area contributed by atoms with Crippen molar-refractivity contribution in [1.82, 2.24) is 0 Å². The number of ether oxygens (including phenoxy) is 1. The largest absolute Gasteiger partial charge is 0.394 e. The quantitative estimate of drug-likeness (QED) is 0.586. The lowest BCUT2D eigenvalue weighted by molar-refractivity contribution is 0.0561. The standard InChI is InChI=1S/C11H20O2/c1-3-5-6-8-11(7-4-2)13-10-9-12/h4,6,8,11-12H,2-3,5,7,9-10H2,1H3/b8-6+. The van der Waals surface area contributed by atoms with Gasteiger partial charge in [0.05, 0.1) is 19.3 Å². The lowest BCUT2D eigenvalue weighted by atomic mass is 10.2. The minimum atomic E-state index is 0.0786. The Hall–Kier alpha value is -0.600. The van der Waals surface area contributed by atoms with Crippen molar-refractivity contribution < 1.29 is 9.84 Å². The molecule has 0 aliphatic heterocycles. The van der Waals surface area contributed by atoms with Gasteiger partial charge in [0, 0.05) is 0 Å². The molecule has 0 bridgehead atoms. The molecule has 0 aliphatic carbocycles. The highest BCUT2D eigenvalue weighted by Crippen LogP contribution is 2.02. The molecular weight excluding hydrogens is 164 g/mol. The van der Waals surface area contributed by atoms with E-state index in [9.17, 15) is 0 Å². The van der Waals surface area contributed by atoms with Crippen molar-refractivity contribution in [2.75, 3.05) is 13.2 Å². The number of allylic oxidation sites excluding steroid dienone is 1. The van der Waals surface area contributed by atoms with E-state index in [1.807, 2.05) is 12.2 Å². The highest BCUT2D eigenvalue weighted by Gasteiger charge is 2.00. The molecule has 0 aromatic heterocycles. The Morgan fingerprint density at radius 1 is 1.54 bits per heavy atom. The van der Waals surface area contributed by atoms with Crippen LogP contribution in [0.5, 0.6) is 0 Å². The van der Waals surface area contributed by atoms with Gasteiger partial charge >= 0.3 is 0 Å².